The topological polar surface area (TPSA) is 35.5 Å². The Balaban J connectivity index is 1.59. The third-order valence-corrected chi connectivity index (χ3v) is 4.74. The summed E-state index contributed by atoms with van der Waals surface area (Å²) in [5, 5.41) is 0. The molecule has 3 rings (SSSR count). The molecule has 0 atom stereocenters. The fraction of sp³-hybridized carbons (Fsp3) is 0.240. The van der Waals surface area contributed by atoms with Crippen molar-refractivity contribution in [1.82, 2.24) is 0 Å². The van der Waals surface area contributed by atoms with Gasteiger partial charge >= 0.3 is 12.6 Å². The first-order valence-electron chi connectivity index (χ1n) is 10.0. The van der Waals surface area contributed by atoms with Gasteiger partial charge in [-0.25, -0.2) is 4.79 Å². The van der Waals surface area contributed by atoms with Crippen LogP contribution in [0.5, 0.6) is 11.5 Å². The van der Waals surface area contributed by atoms with Crippen molar-refractivity contribution in [3.63, 3.8) is 0 Å². The summed E-state index contributed by atoms with van der Waals surface area (Å²) in [7, 11) is 0. The van der Waals surface area contributed by atoms with Crippen molar-refractivity contribution >= 4 is 5.97 Å². The lowest BCUT2D eigenvalue weighted by atomic mass is 10.0. The molecule has 0 aromatic heterocycles. The van der Waals surface area contributed by atoms with E-state index in [9.17, 15) is 13.6 Å². The fourth-order valence-corrected chi connectivity index (χ4v) is 3.10. The smallest absolute Gasteiger partial charge is 0.387 e. The van der Waals surface area contributed by atoms with Gasteiger partial charge in [0, 0.05) is 0 Å². The van der Waals surface area contributed by atoms with Gasteiger partial charge in [-0.05, 0) is 65.9 Å². The van der Waals surface area contributed by atoms with Gasteiger partial charge in [0.1, 0.15) is 11.5 Å². The number of hydrogen-bond donors (Lipinski definition) is 0. The first-order valence-corrected chi connectivity index (χ1v) is 10.0. The maximum Gasteiger partial charge on any atom is 0.387 e. The molecule has 0 amide bonds. The van der Waals surface area contributed by atoms with E-state index in [-0.39, 0.29) is 11.3 Å². The molecule has 0 bridgehead atoms. The molecule has 3 aromatic rings. The number of rotatable bonds is 9. The van der Waals surface area contributed by atoms with Gasteiger partial charge < -0.3 is 9.47 Å². The number of aryl methyl sites for hydroxylation is 1. The average Bonchev–Trinajstić information content (AvgIpc) is 2.75. The first-order chi connectivity index (χ1) is 14.5. The monoisotopic (exact) mass is 410 g/mol. The van der Waals surface area contributed by atoms with Crippen LogP contribution in [-0.4, -0.2) is 12.6 Å². The van der Waals surface area contributed by atoms with Gasteiger partial charge in [0.05, 0.1) is 5.56 Å². The van der Waals surface area contributed by atoms with Crippen LogP contribution in [0.2, 0.25) is 0 Å². The Morgan fingerprint density at radius 1 is 0.800 bits per heavy atom. The molecule has 0 spiro atoms. The summed E-state index contributed by atoms with van der Waals surface area (Å²) in [6.07, 6.45) is 4.76. The highest BCUT2D eigenvalue weighted by molar-refractivity contribution is 5.91. The van der Waals surface area contributed by atoms with Crippen molar-refractivity contribution in [2.75, 3.05) is 0 Å². The molecule has 5 heteroatoms. The molecule has 3 nitrogen and oxygen atoms in total. The summed E-state index contributed by atoms with van der Waals surface area (Å²) in [5.41, 5.74) is 3.72. The van der Waals surface area contributed by atoms with Crippen molar-refractivity contribution in [2.45, 2.75) is 39.2 Å². The van der Waals surface area contributed by atoms with E-state index in [0.29, 0.717) is 5.75 Å². The lowest BCUT2D eigenvalue weighted by Gasteiger charge is -2.08. The summed E-state index contributed by atoms with van der Waals surface area (Å²) in [5.74, 6) is -0.169. The molecule has 156 valence electrons. The van der Waals surface area contributed by atoms with Crippen LogP contribution >= 0.6 is 0 Å². The minimum Gasteiger partial charge on any atom is -0.435 e. The molecule has 0 saturated heterocycles. The number of alkyl halides is 2. The molecule has 0 unspecified atom stereocenters. The van der Waals surface area contributed by atoms with Crippen LogP contribution in [0.3, 0.4) is 0 Å². The standard InChI is InChI=1S/C25H24F2O3/c1-2-3-4-5-18-6-8-19(9-7-18)20-10-14-22(15-11-20)29-24(28)21-12-16-23(17-13-21)30-25(26)27/h6-17,25H,2-5H2,1H3. The Morgan fingerprint density at radius 3 is 1.93 bits per heavy atom. The van der Waals surface area contributed by atoms with E-state index < -0.39 is 12.6 Å². The van der Waals surface area contributed by atoms with Crippen molar-refractivity contribution < 1.29 is 23.0 Å². The third-order valence-electron chi connectivity index (χ3n) is 4.74. The molecule has 0 fully saturated rings. The highest BCUT2D eigenvalue weighted by Gasteiger charge is 2.10. The van der Waals surface area contributed by atoms with Crippen molar-refractivity contribution in [3.05, 3.63) is 83.9 Å². The largest absolute Gasteiger partial charge is 0.435 e. The van der Waals surface area contributed by atoms with E-state index in [1.807, 2.05) is 12.1 Å². The average molecular weight is 410 g/mol. The minimum atomic E-state index is -2.90. The first kappa shape index (κ1) is 21.5. The summed E-state index contributed by atoms with van der Waals surface area (Å²) in [6, 6.07) is 21.1. The van der Waals surface area contributed by atoms with Crippen LogP contribution in [-0.2, 0) is 6.42 Å². The Morgan fingerprint density at radius 2 is 1.37 bits per heavy atom. The number of esters is 1. The predicted molar refractivity (Wildman–Crippen MR) is 113 cm³/mol. The number of carbonyl (C=O) groups is 1. The SMILES string of the molecule is CCCCCc1ccc(-c2ccc(OC(=O)c3ccc(OC(F)F)cc3)cc2)cc1. The van der Waals surface area contributed by atoms with Crippen molar-refractivity contribution in [2.24, 2.45) is 0 Å². The molecule has 0 saturated carbocycles. The van der Waals surface area contributed by atoms with Crippen LogP contribution < -0.4 is 9.47 Å². The summed E-state index contributed by atoms with van der Waals surface area (Å²) in [6.45, 7) is -0.704. The van der Waals surface area contributed by atoms with E-state index in [1.54, 1.807) is 12.1 Å². The Hall–Kier alpha value is -3.21. The van der Waals surface area contributed by atoms with Gasteiger partial charge in [-0.15, -0.1) is 0 Å². The molecule has 3 aromatic carbocycles. The number of ether oxygens (including phenoxy) is 2. The van der Waals surface area contributed by atoms with Crippen LogP contribution in [0.1, 0.15) is 42.1 Å². The molecule has 0 heterocycles. The zero-order valence-electron chi connectivity index (χ0n) is 16.8. The van der Waals surface area contributed by atoms with Gasteiger partial charge in [-0.2, -0.15) is 8.78 Å². The summed E-state index contributed by atoms with van der Waals surface area (Å²) in [4.78, 5) is 12.2. The number of carbonyl (C=O) groups excluding carboxylic acids is 1. The van der Waals surface area contributed by atoms with Crippen molar-refractivity contribution in [3.8, 4) is 22.6 Å². The second-order valence-electron chi connectivity index (χ2n) is 6.97. The molecule has 30 heavy (non-hydrogen) atoms. The van der Waals surface area contributed by atoms with Gasteiger partial charge in [0.25, 0.3) is 0 Å². The number of benzene rings is 3. The van der Waals surface area contributed by atoms with Crippen LogP contribution in [0.4, 0.5) is 8.78 Å². The quantitative estimate of drug-likeness (QED) is 0.218. The third kappa shape index (κ3) is 6.14. The highest BCUT2D eigenvalue weighted by Crippen LogP contribution is 2.24. The highest BCUT2D eigenvalue weighted by atomic mass is 19.3. The lowest BCUT2D eigenvalue weighted by molar-refractivity contribution is -0.0498. The van der Waals surface area contributed by atoms with Gasteiger partial charge in [-0.1, -0.05) is 56.2 Å². The summed E-state index contributed by atoms with van der Waals surface area (Å²) >= 11 is 0. The van der Waals surface area contributed by atoms with Crippen LogP contribution in [0.15, 0.2) is 72.8 Å². The van der Waals surface area contributed by atoms with E-state index in [0.717, 1.165) is 17.5 Å². The maximum absolute atomic E-state index is 12.2. The minimum absolute atomic E-state index is 0.0118. The van der Waals surface area contributed by atoms with E-state index in [4.69, 9.17) is 4.74 Å². The Labute approximate surface area is 175 Å². The molecule has 0 aliphatic carbocycles. The second-order valence-corrected chi connectivity index (χ2v) is 6.97. The molecule has 0 N–H and O–H groups in total. The number of unbranched alkanes of at least 4 members (excludes halogenated alkanes) is 2. The predicted octanol–water partition coefficient (Wildman–Crippen LogP) is 6.91. The van der Waals surface area contributed by atoms with Gasteiger partial charge in [0.15, 0.2) is 0 Å². The molecule has 0 aliphatic rings. The van der Waals surface area contributed by atoms with Gasteiger partial charge in [-0.3, -0.25) is 0 Å². The maximum atomic E-state index is 12.2. The van der Waals surface area contributed by atoms with E-state index in [1.165, 1.54) is 49.1 Å². The Kier molecular flexibility index (Phi) is 7.55. The van der Waals surface area contributed by atoms with E-state index in [2.05, 4.69) is 35.9 Å². The second kappa shape index (κ2) is 10.5. The number of halogens is 2. The van der Waals surface area contributed by atoms with Gasteiger partial charge in [0.2, 0.25) is 0 Å². The Bertz CT molecular complexity index is 934. The normalized spacial score (nSPS) is 10.8. The molecule has 0 radical (unpaired) electrons. The molecule has 0 aliphatic heterocycles. The molecular weight excluding hydrogens is 386 g/mol. The molecular formula is C25H24F2O3. The lowest BCUT2D eigenvalue weighted by Crippen LogP contribution is -2.08. The van der Waals surface area contributed by atoms with Crippen LogP contribution in [0, 0.1) is 0 Å². The van der Waals surface area contributed by atoms with Crippen LogP contribution in [0.25, 0.3) is 11.1 Å². The van der Waals surface area contributed by atoms with Crippen molar-refractivity contribution in [1.29, 1.82) is 0 Å². The summed E-state index contributed by atoms with van der Waals surface area (Å²) < 4.78 is 34.0. The number of hydrogen-bond acceptors (Lipinski definition) is 3. The fourth-order valence-electron chi connectivity index (χ4n) is 3.10. The zero-order valence-corrected chi connectivity index (χ0v) is 16.8. The zero-order chi connectivity index (χ0) is 21.3. The van der Waals surface area contributed by atoms with E-state index >= 15 is 0 Å².